The first-order valence-corrected chi connectivity index (χ1v) is 7.26. The van der Waals surface area contributed by atoms with Crippen molar-refractivity contribution in [2.75, 3.05) is 0 Å². The second kappa shape index (κ2) is 5.29. The van der Waals surface area contributed by atoms with E-state index in [-0.39, 0.29) is 12.1 Å². The standard InChI is InChI=1S/C18H21NO/c1-12(2)13-7-9-14(10-8-13)18-11-16(19)15-5-3-4-6-17(15)20-18/h3-10,12,16,18H,11,19H2,1-2H3/t16-,18?/m0/s1. The summed E-state index contributed by atoms with van der Waals surface area (Å²) in [6, 6.07) is 16.8. The van der Waals surface area contributed by atoms with Crippen LogP contribution < -0.4 is 10.5 Å². The summed E-state index contributed by atoms with van der Waals surface area (Å²) in [5, 5.41) is 0. The molecule has 104 valence electrons. The average molecular weight is 267 g/mol. The third kappa shape index (κ3) is 2.44. The van der Waals surface area contributed by atoms with E-state index in [9.17, 15) is 0 Å². The van der Waals surface area contributed by atoms with Crippen molar-refractivity contribution in [2.24, 2.45) is 5.73 Å². The molecular weight excluding hydrogens is 246 g/mol. The van der Waals surface area contributed by atoms with Gasteiger partial charge in [-0.25, -0.2) is 0 Å². The highest BCUT2D eigenvalue weighted by atomic mass is 16.5. The molecule has 0 aromatic heterocycles. The lowest BCUT2D eigenvalue weighted by Crippen LogP contribution is -2.24. The van der Waals surface area contributed by atoms with E-state index in [1.165, 1.54) is 11.1 Å². The van der Waals surface area contributed by atoms with Crippen LogP contribution in [0.25, 0.3) is 0 Å². The van der Waals surface area contributed by atoms with Crippen LogP contribution in [0.1, 0.15) is 55.0 Å². The Hall–Kier alpha value is -1.80. The van der Waals surface area contributed by atoms with Gasteiger partial charge in [0.05, 0.1) is 0 Å². The van der Waals surface area contributed by atoms with E-state index in [1.807, 2.05) is 18.2 Å². The molecule has 0 fully saturated rings. The van der Waals surface area contributed by atoms with Gasteiger partial charge < -0.3 is 10.5 Å². The molecule has 0 bridgehead atoms. The van der Waals surface area contributed by atoms with Crippen LogP contribution in [0.15, 0.2) is 48.5 Å². The third-order valence-corrected chi connectivity index (χ3v) is 4.03. The van der Waals surface area contributed by atoms with Gasteiger partial charge in [0.2, 0.25) is 0 Å². The number of ether oxygens (including phenoxy) is 1. The van der Waals surface area contributed by atoms with Gasteiger partial charge in [-0.15, -0.1) is 0 Å². The molecule has 2 aromatic rings. The van der Waals surface area contributed by atoms with Crippen molar-refractivity contribution in [3.63, 3.8) is 0 Å². The molecule has 0 radical (unpaired) electrons. The Kier molecular flexibility index (Phi) is 3.49. The first-order chi connectivity index (χ1) is 9.65. The molecule has 2 heteroatoms. The largest absolute Gasteiger partial charge is 0.485 e. The average Bonchev–Trinajstić information content (AvgIpc) is 2.47. The Morgan fingerprint density at radius 3 is 2.45 bits per heavy atom. The molecule has 20 heavy (non-hydrogen) atoms. The molecule has 1 unspecified atom stereocenters. The zero-order valence-corrected chi connectivity index (χ0v) is 12.0. The van der Waals surface area contributed by atoms with Crippen molar-refractivity contribution < 1.29 is 4.74 Å². The molecule has 0 amide bonds. The smallest absolute Gasteiger partial charge is 0.126 e. The predicted octanol–water partition coefficient (Wildman–Crippen LogP) is 4.33. The summed E-state index contributed by atoms with van der Waals surface area (Å²) in [5.74, 6) is 1.48. The number of rotatable bonds is 2. The van der Waals surface area contributed by atoms with Gasteiger partial charge in [-0.2, -0.15) is 0 Å². The van der Waals surface area contributed by atoms with Crippen LogP contribution in [0, 0.1) is 0 Å². The SMILES string of the molecule is CC(C)c1ccc(C2C[C@H](N)c3ccccc3O2)cc1. The molecule has 2 aromatic carbocycles. The minimum absolute atomic E-state index is 0.0507. The summed E-state index contributed by atoms with van der Waals surface area (Å²) in [4.78, 5) is 0. The summed E-state index contributed by atoms with van der Waals surface area (Å²) >= 11 is 0. The predicted molar refractivity (Wildman–Crippen MR) is 81.9 cm³/mol. The fraction of sp³-hybridized carbons (Fsp3) is 0.333. The second-order valence-electron chi connectivity index (χ2n) is 5.81. The molecule has 2 N–H and O–H groups in total. The number of hydrogen-bond acceptors (Lipinski definition) is 2. The van der Waals surface area contributed by atoms with E-state index < -0.39 is 0 Å². The maximum atomic E-state index is 6.27. The van der Waals surface area contributed by atoms with Crippen molar-refractivity contribution in [3.05, 3.63) is 65.2 Å². The molecule has 0 saturated heterocycles. The number of benzene rings is 2. The fourth-order valence-electron chi connectivity index (χ4n) is 2.75. The quantitative estimate of drug-likeness (QED) is 0.878. The minimum Gasteiger partial charge on any atom is -0.485 e. The van der Waals surface area contributed by atoms with Crippen LogP contribution in [0.2, 0.25) is 0 Å². The van der Waals surface area contributed by atoms with Crippen molar-refractivity contribution in [2.45, 2.75) is 38.3 Å². The summed E-state index contributed by atoms with van der Waals surface area (Å²) in [7, 11) is 0. The maximum absolute atomic E-state index is 6.27. The molecular formula is C18H21NO. The van der Waals surface area contributed by atoms with Gasteiger partial charge in [-0.1, -0.05) is 56.3 Å². The first-order valence-electron chi connectivity index (χ1n) is 7.26. The van der Waals surface area contributed by atoms with Gasteiger partial charge in [-0.3, -0.25) is 0 Å². The normalized spacial score (nSPS) is 21.4. The van der Waals surface area contributed by atoms with Gasteiger partial charge in [0.1, 0.15) is 11.9 Å². The Balaban J connectivity index is 1.86. The van der Waals surface area contributed by atoms with Crippen molar-refractivity contribution in [1.82, 2.24) is 0 Å². The van der Waals surface area contributed by atoms with Crippen LogP contribution in [0.3, 0.4) is 0 Å². The van der Waals surface area contributed by atoms with E-state index >= 15 is 0 Å². The van der Waals surface area contributed by atoms with E-state index in [2.05, 4.69) is 44.2 Å². The molecule has 2 atom stereocenters. The van der Waals surface area contributed by atoms with Gasteiger partial charge in [0, 0.05) is 18.0 Å². The summed E-state index contributed by atoms with van der Waals surface area (Å²) in [6.07, 6.45) is 0.888. The van der Waals surface area contributed by atoms with Crippen LogP contribution in [-0.4, -0.2) is 0 Å². The number of hydrogen-bond donors (Lipinski definition) is 1. The highest BCUT2D eigenvalue weighted by molar-refractivity contribution is 5.39. The van der Waals surface area contributed by atoms with Gasteiger partial charge >= 0.3 is 0 Å². The minimum atomic E-state index is 0.0507. The third-order valence-electron chi connectivity index (χ3n) is 4.03. The lowest BCUT2D eigenvalue weighted by atomic mass is 9.92. The van der Waals surface area contributed by atoms with Crippen molar-refractivity contribution in [3.8, 4) is 5.75 Å². The topological polar surface area (TPSA) is 35.2 Å². The molecule has 1 aliphatic rings. The van der Waals surface area contributed by atoms with Gasteiger partial charge in [0.15, 0.2) is 0 Å². The molecule has 1 heterocycles. The summed E-state index contributed by atoms with van der Waals surface area (Å²) in [5.41, 5.74) is 9.95. The zero-order chi connectivity index (χ0) is 14.1. The van der Waals surface area contributed by atoms with Gasteiger partial charge in [0.25, 0.3) is 0 Å². The molecule has 3 rings (SSSR count). The number of fused-ring (bicyclic) bond motifs is 1. The van der Waals surface area contributed by atoms with Crippen LogP contribution in [-0.2, 0) is 0 Å². The van der Waals surface area contributed by atoms with Gasteiger partial charge in [-0.05, 0) is 23.1 Å². The Bertz CT molecular complexity index is 589. The maximum Gasteiger partial charge on any atom is 0.126 e. The molecule has 2 nitrogen and oxygen atoms in total. The van der Waals surface area contributed by atoms with Crippen LogP contribution in [0.5, 0.6) is 5.75 Å². The lowest BCUT2D eigenvalue weighted by Gasteiger charge is -2.30. The fourth-order valence-corrected chi connectivity index (χ4v) is 2.75. The van der Waals surface area contributed by atoms with E-state index in [4.69, 9.17) is 10.5 Å². The number of para-hydroxylation sites is 1. The Morgan fingerprint density at radius 2 is 1.75 bits per heavy atom. The summed E-state index contributed by atoms with van der Waals surface area (Å²) < 4.78 is 6.11. The first kappa shape index (κ1) is 13.2. The van der Waals surface area contributed by atoms with Crippen molar-refractivity contribution in [1.29, 1.82) is 0 Å². The van der Waals surface area contributed by atoms with E-state index in [0.717, 1.165) is 17.7 Å². The van der Waals surface area contributed by atoms with Crippen molar-refractivity contribution >= 4 is 0 Å². The monoisotopic (exact) mass is 267 g/mol. The highest BCUT2D eigenvalue weighted by Gasteiger charge is 2.26. The number of nitrogens with two attached hydrogens (primary N) is 1. The second-order valence-corrected chi connectivity index (χ2v) is 5.81. The molecule has 0 saturated carbocycles. The lowest BCUT2D eigenvalue weighted by molar-refractivity contribution is 0.161. The van der Waals surface area contributed by atoms with E-state index in [1.54, 1.807) is 0 Å². The highest BCUT2D eigenvalue weighted by Crippen LogP contribution is 2.39. The Labute approximate surface area is 120 Å². The molecule has 0 aliphatic carbocycles. The van der Waals surface area contributed by atoms with Crippen LogP contribution >= 0.6 is 0 Å². The van der Waals surface area contributed by atoms with Crippen LogP contribution in [0.4, 0.5) is 0 Å². The molecule has 0 spiro atoms. The summed E-state index contributed by atoms with van der Waals surface area (Å²) in [6.45, 7) is 4.41. The molecule has 1 aliphatic heterocycles. The van der Waals surface area contributed by atoms with E-state index in [0.29, 0.717) is 5.92 Å². The Morgan fingerprint density at radius 1 is 1.05 bits per heavy atom. The zero-order valence-electron chi connectivity index (χ0n) is 12.0.